The molecule has 0 unspecified atom stereocenters. The van der Waals surface area contributed by atoms with Gasteiger partial charge in [-0.25, -0.2) is 4.39 Å². The highest BCUT2D eigenvalue weighted by molar-refractivity contribution is 4.87. The van der Waals surface area contributed by atoms with Crippen molar-refractivity contribution in [3.05, 3.63) is 0 Å². The maximum absolute atomic E-state index is 12.5. The Morgan fingerprint density at radius 3 is 2.38 bits per heavy atom. The molecule has 0 spiro atoms. The monoisotopic (exact) mass is 185 g/mol. The number of hydrogen-bond acceptors (Lipinski definition) is 1. The summed E-state index contributed by atoms with van der Waals surface area (Å²) in [5.74, 6) is 2.67. The van der Waals surface area contributed by atoms with Crippen molar-refractivity contribution in [2.24, 2.45) is 17.8 Å². The molecular weight excluding hydrogens is 165 g/mol. The van der Waals surface area contributed by atoms with Gasteiger partial charge < -0.3 is 0 Å². The van der Waals surface area contributed by atoms with Crippen LogP contribution < -0.4 is 0 Å². The standard InChI is InChI=1S/C11H20FN/c1-8(2)10-3-9(4-10)5-13-6-11(12)7-13/h8-11H,3-7H2,1-2H3. The molecule has 2 aliphatic rings. The smallest absolute Gasteiger partial charge is 0.125 e. The zero-order chi connectivity index (χ0) is 9.42. The Balaban J connectivity index is 1.59. The van der Waals surface area contributed by atoms with Gasteiger partial charge in [0.1, 0.15) is 6.17 Å². The molecule has 2 heteroatoms. The quantitative estimate of drug-likeness (QED) is 0.652. The van der Waals surface area contributed by atoms with Crippen LogP contribution in [0.15, 0.2) is 0 Å². The van der Waals surface area contributed by atoms with E-state index in [9.17, 15) is 4.39 Å². The van der Waals surface area contributed by atoms with Crippen LogP contribution in [0.1, 0.15) is 26.7 Å². The minimum absolute atomic E-state index is 0.527. The lowest BCUT2D eigenvalue weighted by atomic mass is 9.69. The third-order valence-corrected chi connectivity index (χ3v) is 3.64. The van der Waals surface area contributed by atoms with Crippen molar-refractivity contribution >= 4 is 0 Å². The molecule has 1 aliphatic heterocycles. The first-order chi connectivity index (χ1) is 6.15. The van der Waals surface area contributed by atoms with Gasteiger partial charge in [0, 0.05) is 19.6 Å². The second-order valence-electron chi connectivity index (χ2n) is 5.16. The van der Waals surface area contributed by atoms with Crippen LogP contribution in [0.5, 0.6) is 0 Å². The lowest BCUT2D eigenvalue weighted by Crippen LogP contribution is -2.51. The minimum Gasteiger partial charge on any atom is -0.297 e. The number of rotatable bonds is 3. The molecule has 2 rings (SSSR count). The fourth-order valence-corrected chi connectivity index (χ4v) is 2.50. The van der Waals surface area contributed by atoms with Crippen LogP contribution in [0.2, 0.25) is 0 Å². The predicted molar refractivity (Wildman–Crippen MR) is 52.4 cm³/mol. The Morgan fingerprint density at radius 1 is 1.31 bits per heavy atom. The van der Waals surface area contributed by atoms with Gasteiger partial charge in [0.15, 0.2) is 0 Å². The highest BCUT2D eigenvalue weighted by Crippen LogP contribution is 2.39. The van der Waals surface area contributed by atoms with E-state index in [4.69, 9.17) is 0 Å². The maximum Gasteiger partial charge on any atom is 0.125 e. The van der Waals surface area contributed by atoms with Gasteiger partial charge >= 0.3 is 0 Å². The van der Waals surface area contributed by atoms with Crippen LogP contribution in [-0.4, -0.2) is 30.7 Å². The van der Waals surface area contributed by atoms with Crippen molar-refractivity contribution in [2.75, 3.05) is 19.6 Å². The van der Waals surface area contributed by atoms with Crippen LogP contribution >= 0.6 is 0 Å². The summed E-state index contributed by atoms with van der Waals surface area (Å²) in [6, 6.07) is 0. The summed E-state index contributed by atoms with van der Waals surface area (Å²) in [5, 5.41) is 0. The fourth-order valence-electron chi connectivity index (χ4n) is 2.50. The van der Waals surface area contributed by atoms with E-state index in [0.29, 0.717) is 13.1 Å². The second kappa shape index (κ2) is 3.56. The topological polar surface area (TPSA) is 3.24 Å². The van der Waals surface area contributed by atoms with E-state index in [-0.39, 0.29) is 0 Å². The Bertz CT molecular complexity index is 169. The molecule has 1 saturated carbocycles. The number of hydrogen-bond donors (Lipinski definition) is 0. The van der Waals surface area contributed by atoms with Crippen molar-refractivity contribution in [1.82, 2.24) is 4.90 Å². The number of likely N-dealkylation sites (tertiary alicyclic amines) is 1. The van der Waals surface area contributed by atoms with E-state index in [1.807, 2.05) is 0 Å². The Hall–Kier alpha value is -0.110. The van der Waals surface area contributed by atoms with Gasteiger partial charge in [-0.2, -0.15) is 0 Å². The molecule has 0 amide bonds. The molecular formula is C11H20FN. The number of nitrogens with zero attached hydrogens (tertiary/aromatic N) is 1. The second-order valence-corrected chi connectivity index (χ2v) is 5.16. The van der Waals surface area contributed by atoms with E-state index >= 15 is 0 Å². The van der Waals surface area contributed by atoms with Crippen LogP contribution in [0.3, 0.4) is 0 Å². The lowest BCUT2D eigenvalue weighted by molar-refractivity contribution is 0.0181. The molecule has 1 aliphatic carbocycles. The summed E-state index contributed by atoms with van der Waals surface area (Å²) < 4.78 is 12.5. The van der Waals surface area contributed by atoms with Crippen molar-refractivity contribution in [3.63, 3.8) is 0 Å². The predicted octanol–water partition coefficient (Wildman–Crippen LogP) is 2.32. The number of alkyl halides is 1. The largest absolute Gasteiger partial charge is 0.297 e. The first kappa shape index (κ1) is 9.45. The molecule has 1 nitrogen and oxygen atoms in total. The molecule has 1 saturated heterocycles. The summed E-state index contributed by atoms with van der Waals surface area (Å²) in [6.45, 7) is 7.17. The zero-order valence-corrected chi connectivity index (χ0v) is 8.67. The highest BCUT2D eigenvalue weighted by atomic mass is 19.1. The first-order valence-electron chi connectivity index (χ1n) is 5.51. The molecule has 76 valence electrons. The van der Waals surface area contributed by atoms with Gasteiger partial charge in [0.05, 0.1) is 0 Å². The third kappa shape index (κ3) is 2.04. The summed E-state index contributed by atoms with van der Waals surface area (Å²) >= 11 is 0. The Kier molecular flexibility index (Phi) is 2.59. The van der Waals surface area contributed by atoms with Gasteiger partial charge in [-0.1, -0.05) is 13.8 Å². The minimum atomic E-state index is -0.527. The zero-order valence-electron chi connectivity index (χ0n) is 8.67. The molecule has 0 atom stereocenters. The summed E-state index contributed by atoms with van der Waals surface area (Å²) in [5.41, 5.74) is 0. The van der Waals surface area contributed by atoms with Crippen molar-refractivity contribution < 1.29 is 4.39 Å². The molecule has 0 radical (unpaired) electrons. The van der Waals surface area contributed by atoms with Crippen molar-refractivity contribution in [3.8, 4) is 0 Å². The SMILES string of the molecule is CC(C)C1CC(CN2CC(F)C2)C1. The molecule has 1 heterocycles. The Labute approximate surface area is 80.3 Å². The molecule has 0 aromatic rings. The average Bonchev–Trinajstić information content (AvgIpc) is 1.90. The molecule has 0 aromatic heterocycles. The number of halogens is 1. The molecule has 0 aromatic carbocycles. The van der Waals surface area contributed by atoms with Gasteiger partial charge in [-0.3, -0.25) is 4.90 Å². The normalized spacial score (nSPS) is 36.0. The van der Waals surface area contributed by atoms with Crippen LogP contribution in [-0.2, 0) is 0 Å². The molecule has 2 fully saturated rings. The van der Waals surface area contributed by atoms with E-state index in [2.05, 4.69) is 18.7 Å². The average molecular weight is 185 g/mol. The summed E-state index contributed by atoms with van der Waals surface area (Å²) in [6.07, 6.45) is 2.23. The fraction of sp³-hybridized carbons (Fsp3) is 1.00. The molecule has 0 N–H and O–H groups in total. The van der Waals surface area contributed by atoms with Gasteiger partial charge in [-0.05, 0) is 30.6 Å². The molecule has 13 heavy (non-hydrogen) atoms. The van der Waals surface area contributed by atoms with Crippen molar-refractivity contribution in [2.45, 2.75) is 32.9 Å². The van der Waals surface area contributed by atoms with Crippen LogP contribution in [0.4, 0.5) is 4.39 Å². The van der Waals surface area contributed by atoms with E-state index in [1.165, 1.54) is 12.8 Å². The van der Waals surface area contributed by atoms with E-state index in [1.54, 1.807) is 0 Å². The van der Waals surface area contributed by atoms with Crippen LogP contribution in [0.25, 0.3) is 0 Å². The maximum atomic E-state index is 12.5. The molecule has 0 bridgehead atoms. The van der Waals surface area contributed by atoms with E-state index < -0.39 is 6.17 Å². The highest BCUT2D eigenvalue weighted by Gasteiger charge is 2.35. The van der Waals surface area contributed by atoms with Crippen LogP contribution in [0, 0.1) is 17.8 Å². The lowest BCUT2D eigenvalue weighted by Gasteiger charge is -2.44. The third-order valence-electron chi connectivity index (χ3n) is 3.64. The van der Waals surface area contributed by atoms with Gasteiger partial charge in [-0.15, -0.1) is 0 Å². The summed E-state index contributed by atoms with van der Waals surface area (Å²) in [7, 11) is 0. The van der Waals surface area contributed by atoms with Gasteiger partial charge in [0.2, 0.25) is 0 Å². The van der Waals surface area contributed by atoms with E-state index in [0.717, 1.165) is 24.3 Å². The van der Waals surface area contributed by atoms with Crippen molar-refractivity contribution in [1.29, 1.82) is 0 Å². The summed E-state index contributed by atoms with van der Waals surface area (Å²) in [4.78, 5) is 2.26. The first-order valence-corrected chi connectivity index (χ1v) is 5.51. The van der Waals surface area contributed by atoms with Gasteiger partial charge in [0.25, 0.3) is 0 Å². The Morgan fingerprint density at radius 2 is 1.92 bits per heavy atom.